The molecule has 0 saturated heterocycles. The summed E-state index contributed by atoms with van der Waals surface area (Å²) in [6, 6.07) is 15.8. The minimum atomic E-state index is 0.00189. The van der Waals surface area contributed by atoms with Crippen LogP contribution < -0.4 is 15.8 Å². The lowest BCUT2D eigenvalue weighted by Gasteiger charge is -2.17. The third kappa shape index (κ3) is 2.71. The summed E-state index contributed by atoms with van der Waals surface area (Å²) in [5.74, 6) is 0.832. The third-order valence-corrected chi connectivity index (χ3v) is 3.55. The summed E-state index contributed by atoms with van der Waals surface area (Å²) in [7, 11) is 1.66. The molecule has 0 amide bonds. The zero-order valence-corrected chi connectivity index (χ0v) is 11.9. The molecular weight excluding hydrogens is 264 g/mol. The van der Waals surface area contributed by atoms with Crippen molar-refractivity contribution >= 4 is 16.7 Å². The van der Waals surface area contributed by atoms with Crippen molar-refractivity contribution in [1.29, 1.82) is 0 Å². The molecule has 21 heavy (non-hydrogen) atoms. The number of rotatable bonds is 5. The van der Waals surface area contributed by atoms with Gasteiger partial charge in [-0.15, -0.1) is 0 Å². The van der Waals surface area contributed by atoms with E-state index in [1.54, 1.807) is 13.4 Å². The minimum absolute atomic E-state index is 0.00189. The Balaban J connectivity index is 1.87. The summed E-state index contributed by atoms with van der Waals surface area (Å²) in [6.07, 6.45) is 1.78. The largest absolute Gasteiger partial charge is 0.497 e. The number of anilines is 1. The maximum Gasteiger partial charge on any atom is 0.134 e. The van der Waals surface area contributed by atoms with Crippen LogP contribution in [0.4, 0.5) is 5.69 Å². The van der Waals surface area contributed by atoms with Crippen molar-refractivity contribution in [3.05, 3.63) is 60.4 Å². The maximum atomic E-state index is 5.93. The summed E-state index contributed by atoms with van der Waals surface area (Å²) in [5, 5.41) is 4.53. The number of nitrogens with two attached hydrogens (primary N) is 1. The molecule has 1 aromatic heterocycles. The summed E-state index contributed by atoms with van der Waals surface area (Å²) >= 11 is 0. The van der Waals surface area contributed by atoms with Gasteiger partial charge in [0.05, 0.1) is 19.4 Å². The Morgan fingerprint density at radius 3 is 2.62 bits per heavy atom. The highest BCUT2D eigenvalue weighted by atomic mass is 16.5. The molecule has 2 aromatic carbocycles. The number of fused-ring (bicyclic) bond motifs is 1. The highest BCUT2D eigenvalue weighted by Gasteiger charge is 2.15. The second-order valence-electron chi connectivity index (χ2n) is 4.85. The molecule has 0 bridgehead atoms. The third-order valence-electron chi connectivity index (χ3n) is 3.55. The van der Waals surface area contributed by atoms with Crippen LogP contribution in [0, 0.1) is 0 Å². The average molecular weight is 282 g/mol. The molecule has 1 heterocycles. The normalized spacial score (nSPS) is 12.3. The minimum Gasteiger partial charge on any atom is -0.497 e. The zero-order chi connectivity index (χ0) is 14.7. The molecule has 1 unspecified atom stereocenters. The van der Waals surface area contributed by atoms with Gasteiger partial charge in [-0.1, -0.05) is 18.2 Å². The standard InChI is InChI=1S/C17H18N2O2/c1-20-13-8-6-12(7-9-13)19-16(10-18)15-11-21-17-5-3-2-4-14(15)17/h2-9,11,16,19H,10,18H2,1H3. The SMILES string of the molecule is COc1ccc(NC(CN)c2coc3ccccc23)cc1. The van der Waals surface area contributed by atoms with Crippen LogP contribution in [0.5, 0.6) is 5.75 Å². The van der Waals surface area contributed by atoms with Gasteiger partial charge in [0.25, 0.3) is 0 Å². The lowest BCUT2D eigenvalue weighted by Crippen LogP contribution is -2.20. The molecule has 0 saturated carbocycles. The molecule has 4 heteroatoms. The van der Waals surface area contributed by atoms with Crippen LogP contribution in [0.25, 0.3) is 11.0 Å². The molecule has 0 aliphatic carbocycles. The molecule has 3 N–H and O–H groups in total. The molecule has 3 rings (SSSR count). The van der Waals surface area contributed by atoms with Crippen LogP contribution in [0.1, 0.15) is 11.6 Å². The van der Waals surface area contributed by atoms with Gasteiger partial charge in [0.1, 0.15) is 11.3 Å². The fourth-order valence-electron chi connectivity index (χ4n) is 2.42. The number of nitrogens with one attached hydrogen (secondary N) is 1. The average Bonchev–Trinajstić information content (AvgIpc) is 2.97. The molecule has 0 radical (unpaired) electrons. The molecule has 0 fully saturated rings. The van der Waals surface area contributed by atoms with Crippen LogP contribution >= 0.6 is 0 Å². The summed E-state index contributed by atoms with van der Waals surface area (Å²) in [4.78, 5) is 0. The predicted molar refractivity (Wildman–Crippen MR) is 84.6 cm³/mol. The van der Waals surface area contributed by atoms with E-state index >= 15 is 0 Å². The highest BCUT2D eigenvalue weighted by molar-refractivity contribution is 5.81. The number of hydrogen-bond donors (Lipinski definition) is 2. The zero-order valence-electron chi connectivity index (χ0n) is 11.9. The first-order valence-electron chi connectivity index (χ1n) is 6.88. The molecule has 1 atom stereocenters. The van der Waals surface area contributed by atoms with Crippen LogP contribution in [0.15, 0.2) is 59.2 Å². The van der Waals surface area contributed by atoms with Crippen LogP contribution in [0.2, 0.25) is 0 Å². The molecule has 108 valence electrons. The Morgan fingerprint density at radius 1 is 1.14 bits per heavy atom. The lowest BCUT2D eigenvalue weighted by molar-refractivity contribution is 0.415. The van der Waals surface area contributed by atoms with Gasteiger partial charge in [-0.05, 0) is 30.3 Å². The second kappa shape index (κ2) is 5.89. The second-order valence-corrected chi connectivity index (χ2v) is 4.85. The van der Waals surface area contributed by atoms with Crippen LogP contribution in [-0.2, 0) is 0 Å². The maximum absolute atomic E-state index is 5.93. The number of benzene rings is 2. The van der Waals surface area contributed by atoms with Gasteiger partial charge in [0.15, 0.2) is 0 Å². The van der Waals surface area contributed by atoms with Gasteiger partial charge < -0.3 is 20.2 Å². The number of methoxy groups -OCH3 is 1. The van der Waals surface area contributed by atoms with Gasteiger partial charge in [-0.2, -0.15) is 0 Å². The molecule has 4 nitrogen and oxygen atoms in total. The van der Waals surface area contributed by atoms with E-state index in [0.717, 1.165) is 28.0 Å². The Labute approximate surface area is 123 Å². The van der Waals surface area contributed by atoms with Gasteiger partial charge >= 0.3 is 0 Å². The monoisotopic (exact) mass is 282 g/mol. The van der Waals surface area contributed by atoms with Gasteiger partial charge in [-0.25, -0.2) is 0 Å². The Kier molecular flexibility index (Phi) is 3.79. The summed E-state index contributed by atoms with van der Waals surface area (Å²) in [6.45, 7) is 0.482. The molecule has 0 aliphatic rings. The lowest BCUT2D eigenvalue weighted by atomic mass is 10.1. The molecular formula is C17H18N2O2. The van der Waals surface area contributed by atoms with Gasteiger partial charge in [-0.3, -0.25) is 0 Å². The number of furan rings is 1. The van der Waals surface area contributed by atoms with E-state index in [0.29, 0.717) is 6.54 Å². The first-order valence-corrected chi connectivity index (χ1v) is 6.88. The topological polar surface area (TPSA) is 60.4 Å². The van der Waals surface area contributed by atoms with Crippen LogP contribution in [-0.4, -0.2) is 13.7 Å². The fourth-order valence-corrected chi connectivity index (χ4v) is 2.42. The van der Waals surface area contributed by atoms with Crippen molar-refractivity contribution in [1.82, 2.24) is 0 Å². The van der Waals surface area contributed by atoms with Gasteiger partial charge in [0, 0.05) is 23.2 Å². The highest BCUT2D eigenvalue weighted by Crippen LogP contribution is 2.28. The Morgan fingerprint density at radius 2 is 1.90 bits per heavy atom. The Hall–Kier alpha value is -2.46. The van der Waals surface area contributed by atoms with Crippen molar-refractivity contribution in [2.75, 3.05) is 19.0 Å². The van der Waals surface area contributed by atoms with E-state index < -0.39 is 0 Å². The van der Waals surface area contributed by atoms with E-state index in [1.165, 1.54) is 0 Å². The Bertz CT molecular complexity index is 719. The predicted octanol–water partition coefficient (Wildman–Crippen LogP) is 3.55. The molecule has 0 spiro atoms. The van der Waals surface area contributed by atoms with Crippen molar-refractivity contribution in [3.8, 4) is 5.75 Å². The summed E-state index contributed by atoms with van der Waals surface area (Å²) in [5.41, 5.74) is 8.88. The van der Waals surface area contributed by atoms with E-state index in [1.807, 2.05) is 48.5 Å². The van der Waals surface area contributed by atoms with E-state index in [9.17, 15) is 0 Å². The van der Waals surface area contributed by atoms with Crippen molar-refractivity contribution in [2.45, 2.75) is 6.04 Å². The summed E-state index contributed by atoms with van der Waals surface area (Å²) < 4.78 is 10.8. The number of para-hydroxylation sites is 1. The van der Waals surface area contributed by atoms with Crippen molar-refractivity contribution in [3.63, 3.8) is 0 Å². The first kappa shape index (κ1) is 13.5. The quantitative estimate of drug-likeness (QED) is 0.751. The fraction of sp³-hybridized carbons (Fsp3) is 0.176. The van der Waals surface area contributed by atoms with Crippen molar-refractivity contribution < 1.29 is 9.15 Å². The molecule has 3 aromatic rings. The smallest absolute Gasteiger partial charge is 0.134 e. The van der Waals surface area contributed by atoms with Crippen molar-refractivity contribution in [2.24, 2.45) is 5.73 Å². The first-order chi connectivity index (χ1) is 10.3. The number of hydrogen-bond acceptors (Lipinski definition) is 4. The number of ether oxygens (including phenoxy) is 1. The van der Waals surface area contributed by atoms with E-state index in [-0.39, 0.29) is 6.04 Å². The van der Waals surface area contributed by atoms with E-state index in [2.05, 4.69) is 5.32 Å². The van der Waals surface area contributed by atoms with Crippen LogP contribution in [0.3, 0.4) is 0 Å². The van der Waals surface area contributed by atoms with E-state index in [4.69, 9.17) is 14.9 Å². The molecule has 0 aliphatic heterocycles. The van der Waals surface area contributed by atoms with Gasteiger partial charge in [0.2, 0.25) is 0 Å².